The van der Waals surface area contributed by atoms with Crippen LogP contribution >= 0.6 is 0 Å². The predicted molar refractivity (Wildman–Crippen MR) is 195 cm³/mol. The molecule has 4 aliphatic carbocycles. The summed E-state index contributed by atoms with van der Waals surface area (Å²) < 4.78 is 8.95. The minimum absolute atomic E-state index is 0.137. The summed E-state index contributed by atoms with van der Waals surface area (Å²) in [6.07, 6.45) is 14.1. The lowest BCUT2D eigenvalue weighted by Gasteiger charge is -2.64. The maximum atomic E-state index is 14.8. The second-order valence-corrected chi connectivity index (χ2v) is 17.8. The van der Waals surface area contributed by atoms with Crippen LogP contribution in [0, 0.1) is 22.7 Å². The molecule has 7 atom stereocenters. The van der Waals surface area contributed by atoms with Crippen LogP contribution in [0.25, 0.3) is 22.6 Å². The number of fused-ring (bicyclic) bond motifs is 11. The Balaban J connectivity index is 1.36. The van der Waals surface area contributed by atoms with Crippen LogP contribution in [0.15, 0.2) is 53.7 Å². The quantitative estimate of drug-likeness (QED) is 0.194. The molecule has 2 unspecified atom stereocenters. The molecule has 2 aliphatic heterocycles. The van der Waals surface area contributed by atoms with Crippen molar-refractivity contribution in [1.29, 1.82) is 0 Å². The van der Waals surface area contributed by atoms with Gasteiger partial charge in [-0.25, -0.2) is 4.79 Å². The molecule has 6 aliphatic rings. The van der Waals surface area contributed by atoms with Crippen molar-refractivity contribution in [3.8, 4) is 0 Å². The van der Waals surface area contributed by atoms with Crippen molar-refractivity contribution in [2.45, 2.75) is 123 Å². The van der Waals surface area contributed by atoms with Crippen molar-refractivity contribution >= 4 is 34.3 Å². The molecule has 2 saturated carbocycles. The fourth-order valence-electron chi connectivity index (χ4n) is 11.9. The molecular weight excluding hydrogens is 610 g/mol. The number of carboxylic acids is 1. The second kappa shape index (κ2) is 9.85. The molecular formula is C43H51NO5. The van der Waals surface area contributed by atoms with Gasteiger partial charge in [0, 0.05) is 27.5 Å². The first-order chi connectivity index (χ1) is 22.8. The minimum atomic E-state index is -0.937. The van der Waals surface area contributed by atoms with Crippen molar-refractivity contribution in [1.82, 2.24) is 4.57 Å². The third kappa shape index (κ3) is 3.96. The lowest BCUT2D eigenvalue weighted by atomic mass is 9.40. The molecule has 49 heavy (non-hydrogen) atoms. The third-order valence-corrected chi connectivity index (χ3v) is 14.2. The van der Waals surface area contributed by atoms with Gasteiger partial charge < -0.3 is 19.5 Å². The largest absolute Gasteiger partial charge is 0.478 e. The van der Waals surface area contributed by atoms with Gasteiger partial charge in [0.2, 0.25) is 0 Å². The number of carboxylic acid groups (broad SMARTS) is 1. The molecule has 2 aromatic rings. The molecule has 0 saturated heterocycles. The fourth-order valence-corrected chi connectivity index (χ4v) is 11.9. The zero-order valence-electron chi connectivity index (χ0n) is 30.6. The van der Waals surface area contributed by atoms with Crippen LogP contribution < -0.4 is 0 Å². The van der Waals surface area contributed by atoms with Crippen molar-refractivity contribution in [3.63, 3.8) is 0 Å². The van der Waals surface area contributed by atoms with Crippen LogP contribution in [0.2, 0.25) is 0 Å². The number of carbonyl (C=O) groups excluding carboxylic acids is 1. The number of aromatic nitrogens is 1. The van der Waals surface area contributed by atoms with E-state index in [1.54, 1.807) is 13.0 Å². The molecule has 0 amide bonds. The highest BCUT2D eigenvalue weighted by atomic mass is 16.5. The zero-order valence-corrected chi connectivity index (χ0v) is 30.6. The van der Waals surface area contributed by atoms with E-state index in [4.69, 9.17) is 4.74 Å². The molecule has 6 heteroatoms. The fraction of sp³-hybridized carbons (Fsp3) is 0.535. The Hall–Kier alpha value is -3.48. The highest BCUT2D eigenvalue weighted by molar-refractivity contribution is 6.21. The summed E-state index contributed by atoms with van der Waals surface area (Å²) in [6.45, 7) is 23.6. The van der Waals surface area contributed by atoms with E-state index in [1.807, 2.05) is 13.0 Å². The van der Waals surface area contributed by atoms with Gasteiger partial charge in [0.15, 0.2) is 5.78 Å². The number of nitrogens with zero attached hydrogens (tertiary/aromatic N) is 1. The molecule has 6 nitrogen and oxygen atoms in total. The summed E-state index contributed by atoms with van der Waals surface area (Å²) in [5.74, 6) is -0.216. The zero-order chi connectivity index (χ0) is 35.4. The van der Waals surface area contributed by atoms with Gasteiger partial charge in [0.1, 0.15) is 6.04 Å². The first-order valence-corrected chi connectivity index (χ1v) is 18.2. The third-order valence-electron chi connectivity index (χ3n) is 14.2. The Morgan fingerprint density at radius 3 is 2.47 bits per heavy atom. The molecule has 1 aromatic carbocycles. The van der Waals surface area contributed by atoms with E-state index in [2.05, 4.69) is 83.9 Å². The van der Waals surface area contributed by atoms with E-state index in [1.165, 1.54) is 22.2 Å². The number of aliphatic hydroxyl groups excluding tert-OH is 1. The Bertz CT molecular complexity index is 2050. The van der Waals surface area contributed by atoms with Gasteiger partial charge >= 0.3 is 5.97 Å². The smallest absolute Gasteiger partial charge is 0.331 e. The molecule has 0 radical (unpaired) electrons. The number of hydrogen-bond acceptors (Lipinski definition) is 4. The summed E-state index contributed by atoms with van der Waals surface area (Å²) in [7, 11) is 0. The first kappa shape index (κ1) is 32.7. The number of rotatable bonds is 4. The average molecular weight is 662 g/mol. The highest BCUT2D eigenvalue weighted by Crippen LogP contribution is 2.71. The number of Topliss-reactive ketones (excluding diaryl/α,β-unsaturated/α-hetero) is 1. The number of ether oxygens (including phenoxy) is 1. The lowest BCUT2D eigenvalue weighted by Crippen LogP contribution is -2.62. The molecule has 2 fully saturated rings. The maximum absolute atomic E-state index is 14.8. The average Bonchev–Trinajstić information content (AvgIpc) is 3.69. The van der Waals surface area contributed by atoms with E-state index in [-0.39, 0.29) is 28.1 Å². The summed E-state index contributed by atoms with van der Waals surface area (Å²) in [5, 5.41) is 22.3. The molecule has 8 rings (SSSR count). The van der Waals surface area contributed by atoms with E-state index in [0.717, 1.165) is 59.0 Å². The number of ketones is 1. The van der Waals surface area contributed by atoms with Crippen LogP contribution in [-0.2, 0) is 21.4 Å². The number of aliphatic hydroxyl groups is 1. The minimum Gasteiger partial charge on any atom is -0.478 e. The summed E-state index contributed by atoms with van der Waals surface area (Å²) in [4.78, 5) is 26.3. The van der Waals surface area contributed by atoms with Crippen LogP contribution in [0.5, 0.6) is 0 Å². The van der Waals surface area contributed by atoms with Gasteiger partial charge in [-0.1, -0.05) is 51.2 Å². The monoisotopic (exact) mass is 661 g/mol. The van der Waals surface area contributed by atoms with Crippen LogP contribution in [-0.4, -0.2) is 43.8 Å². The lowest BCUT2D eigenvalue weighted by molar-refractivity contribution is -0.144. The van der Waals surface area contributed by atoms with Gasteiger partial charge in [-0.3, -0.25) is 4.79 Å². The number of carbonyl (C=O) groups is 2. The number of benzene rings is 1. The second-order valence-electron chi connectivity index (χ2n) is 17.8. The van der Waals surface area contributed by atoms with Crippen LogP contribution in [0.3, 0.4) is 0 Å². The standard InChI is InChI=1S/C43H51NO5/c1-22(2)34-36(46)33-26-20-30-29(21-39(4,5)49-40(30,6)7)25(26)19-27-28-18-24-13-14-31-41(8,16-11-12-23(3)38(47)48)32(45)15-17-42(31,9)43(24,10)37(28)44(34)35(27)33/h11-12,16,19-21,24,31-32,34,45H,1,13-15,17-18H2,2-10H3,(H,47,48)/b16-11+,23-12+/t24?,31-,32?,34-,41-,42-,43+/m0/s1. The van der Waals surface area contributed by atoms with Gasteiger partial charge in [-0.2, -0.15) is 0 Å². The molecule has 0 spiro atoms. The topological polar surface area (TPSA) is 88.8 Å². The summed E-state index contributed by atoms with van der Waals surface area (Å²) in [5.41, 5.74) is 8.34. The van der Waals surface area contributed by atoms with E-state index in [0.29, 0.717) is 12.3 Å². The number of allylic oxidation sites excluding steroid dienone is 3. The maximum Gasteiger partial charge on any atom is 0.331 e. The predicted octanol–water partition coefficient (Wildman–Crippen LogP) is 8.92. The molecule has 0 bridgehead atoms. The van der Waals surface area contributed by atoms with Crippen LogP contribution in [0.4, 0.5) is 0 Å². The Morgan fingerprint density at radius 2 is 1.80 bits per heavy atom. The Kier molecular flexibility index (Phi) is 6.58. The van der Waals surface area contributed by atoms with Gasteiger partial charge in [0.25, 0.3) is 0 Å². The number of hydrogen-bond donors (Lipinski definition) is 2. The molecule has 258 valence electrons. The molecule has 2 N–H and O–H groups in total. The van der Waals surface area contributed by atoms with Crippen molar-refractivity contribution in [2.24, 2.45) is 22.7 Å². The molecule has 3 heterocycles. The van der Waals surface area contributed by atoms with E-state index >= 15 is 0 Å². The van der Waals surface area contributed by atoms with Crippen molar-refractivity contribution < 1.29 is 24.5 Å². The Labute approximate surface area is 290 Å². The first-order valence-electron chi connectivity index (χ1n) is 18.2. The van der Waals surface area contributed by atoms with E-state index < -0.39 is 34.7 Å². The SMILES string of the molecule is C=C(C)[C@H]1C(=O)c2c3c(cc4c5c(n1c24)[C@@]1(C)C(CC[C@@H]2[C@]1(C)CCC(O)[C@@]2(C)/C=C/C=C(\C)C(=O)O)C5)C1=CC(C)(C)OC(C)(C)C1=C3. The van der Waals surface area contributed by atoms with Crippen molar-refractivity contribution in [3.05, 3.63) is 81.6 Å². The van der Waals surface area contributed by atoms with E-state index in [9.17, 15) is 19.8 Å². The summed E-state index contributed by atoms with van der Waals surface area (Å²) in [6, 6.07) is 1.94. The molecule has 1 aromatic heterocycles. The van der Waals surface area contributed by atoms with Gasteiger partial charge in [-0.05, 0) is 137 Å². The number of aliphatic carboxylic acids is 1. The van der Waals surface area contributed by atoms with Gasteiger partial charge in [0.05, 0.1) is 28.4 Å². The normalized spacial score (nSPS) is 36.6. The van der Waals surface area contributed by atoms with Crippen LogP contribution in [0.1, 0.15) is 127 Å². The van der Waals surface area contributed by atoms with Gasteiger partial charge in [-0.15, -0.1) is 0 Å². The summed E-state index contributed by atoms with van der Waals surface area (Å²) >= 11 is 0. The Morgan fingerprint density at radius 1 is 1.08 bits per heavy atom. The van der Waals surface area contributed by atoms with Crippen molar-refractivity contribution in [2.75, 3.05) is 0 Å². The highest BCUT2D eigenvalue weighted by Gasteiger charge is 2.67.